The summed E-state index contributed by atoms with van der Waals surface area (Å²) in [6.07, 6.45) is 2.02. The number of ether oxygens (including phenoxy) is 3. The average molecular weight is 321 g/mol. The zero-order valence-electron chi connectivity index (χ0n) is 13.8. The first kappa shape index (κ1) is 17.1. The van der Waals surface area contributed by atoms with Crippen molar-refractivity contribution in [1.82, 2.24) is 5.32 Å². The summed E-state index contributed by atoms with van der Waals surface area (Å²) in [5, 5.41) is 2.80. The number of benzene rings is 1. The van der Waals surface area contributed by atoms with E-state index in [2.05, 4.69) is 5.32 Å². The fourth-order valence-electron chi connectivity index (χ4n) is 1.95. The normalized spacial score (nSPS) is 14.7. The molecule has 1 aliphatic carbocycles. The minimum absolute atomic E-state index is 0.235. The van der Waals surface area contributed by atoms with Crippen molar-refractivity contribution in [2.45, 2.75) is 45.3 Å². The van der Waals surface area contributed by atoms with Gasteiger partial charge >= 0.3 is 5.97 Å². The maximum atomic E-state index is 12.2. The Labute approximate surface area is 136 Å². The van der Waals surface area contributed by atoms with Crippen LogP contribution in [0.3, 0.4) is 0 Å². The topological polar surface area (TPSA) is 73.9 Å². The molecule has 126 valence electrons. The summed E-state index contributed by atoms with van der Waals surface area (Å²) in [5.41, 5.74) is 0.316. The van der Waals surface area contributed by atoms with Gasteiger partial charge in [-0.2, -0.15) is 0 Å². The van der Waals surface area contributed by atoms with Crippen LogP contribution in [0.15, 0.2) is 18.2 Å². The van der Waals surface area contributed by atoms with Crippen LogP contribution in [-0.2, 0) is 9.53 Å². The Hall–Kier alpha value is -2.24. The molecule has 6 nitrogen and oxygen atoms in total. The predicted octanol–water partition coefficient (Wildman–Crippen LogP) is 2.31. The Morgan fingerprint density at radius 2 is 2.04 bits per heavy atom. The Morgan fingerprint density at radius 1 is 1.30 bits per heavy atom. The molecule has 6 heteroatoms. The first-order valence-electron chi connectivity index (χ1n) is 7.87. The molecule has 1 aromatic rings. The van der Waals surface area contributed by atoms with Gasteiger partial charge in [-0.3, -0.25) is 4.79 Å². The molecule has 1 amide bonds. The molecule has 0 aliphatic heterocycles. The Bertz CT molecular complexity index is 568. The van der Waals surface area contributed by atoms with E-state index in [-0.39, 0.29) is 11.9 Å². The fourth-order valence-corrected chi connectivity index (χ4v) is 1.95. The summed E-state index contributed by atoms with van der Waals surface area (Å²) in [6, 6.07) is 5.05. The highest BCUT2D eigenvalue weighted by Gasteiger charge is 2.27. The third kappa shape index (κ3) is 4.87. The summed E-state index contributed by atoms with van der Waals surface area (Å²) in [7, 11) is 1.51. The lowest BCUT2D eigenvalue weighted by Gasteiger charge is -2.14. The van der Waals surface area contributed by atoms with Crippen molar-refractivity contribution in [2.24, 2.45) is 0 Å². The van der Waals surface area contributed by atoms with Gasteiger partial charge in [-0.25, -0.2) is 4.79 Å². The average Bonchev–Trinajstić information content (AvgIpc) is 3.36. The SMILES string of the molecule is CCCOc1ccc(C(=O)O[C@@H](C)C(=O)NC2CC2)cc1OC. The zero-order chi connectivity index (χ0) is 16.8. The van der Waals surface area contributed by atoms with E-state index in [0.717, 1.165) is 19.3 Å². The van der Waals surface area contributed by atoms with Gasteiger partial charge < -0.3 is 19.5 Å². The molecular formula is C17H23NO5. The quantitative estimate of drug-likeness (QED) is 0.744. The van der Waals surface area contributed by atoms with Crippen LogP contribution in [0.4, 0.5) is 0 Å². The van der Waals surface area contributed by atoms with Crippen LogP contribution in [-0.4, -0.2) is 37.7 Å². The molecule has 0 aromatic heterocycles. The fraction of sp³-hybridized carbons (Fsp3) is 0.529. The van der Waals surface area contributed by atoms with Gasteiger partial charge in [0, 0.05) is 6.04 Å². The maximum absolute atomic E-state index is 12.2. The first-order chi connectivity index (χ1) is 11.0. The molecule has 0 heterocycles. The Balaban J connectivity index is 1.98. The first-order valence-corrected chi connectivity index (χ1v) is 7.87. The van der Waals surface area contributed by atoms with Crippen LogP contribution in [0.1, 0.15) is 43.5 Å². The van der Waals surface area contributed by atoms with Crippen molar-refractivity contribution >= 4 is 11.9 Å². The molecule has 0 unspecified atom stereocenters. The van der Waals surface area contributed by atoms with E-state index in [1.54, 1.807) is 25.1 Å². The highest BCUT2D eigenvalue weighted by Crippen LogP contribution is 2.28. The highest BCUT2D eigenvalue weighted by molar-refractivity contribution is 5.93. The standard InChI is InChI=1S/C17H23NO5/c1-4-9-22-14-8-5-12(10-15(14)21-3)17(20)23-11(2)16(19)18-13-6-7-13/h5,8,10-11,13H,4,6-7,9H2,1-3H3,(H,18,19)/t11-/m0/s1. The predicted molar refractivity (Wildman–Crippen MR) is 84.8 cm³/mol. The molecule has 0 saturated heterocycles. The third-order valence-corrected chi connectivity index (χ3v) is 3.44. The van der Waals surface area contributed by atoms with Crippen molar-refractivity contribution in [1.29, 1.82) is 0 Å². The lowest BCUT2D eigenvalue weighted by Crippen LogP contribution is -2.37. The lowest BCUT2D eigenvalue weighted by atomic mass is 10.2. The van der Waals surface area contributed by atoms with E-state index in [0.29, 0.717) is 23.7 Å². The van der Waals surface area contributed by atoms with Crippen LogP contribution in [0, 0.1) is 0 Å². The minimum Gasteiger partial charge on any atom is -0.493 e. The number of rotatable bonds is 8. The summed E-state index contributed by atoms with van der Waals surface area (Å²) in [6.45, 7) is 4.14. The van der Waals surface area contributed by atoms with Gasteiger partial charge in [0.1, 0.15) is 0 Å². The lowest BCUT2D eigenvalue weighted by molar-refractivity contribution is -0.129. The van der Waals surface area contributed by atoms with Crippen molar-refractivity contribution in [2.75, 3.05) is 13.7 Å². The number of amides is 1. The molecule has 1 aromatic carbocycles. The summed E-state index contributed by atoms with van der Waals surface area (Å²) < 4.78 is 16.0. The van der Waals surface area contributed by atoms with E-state index in [1.807, 2.05) is 6.92 Å². The second-order valence-electron chi connectivity index (χ2n) is 5.54. The van der Waals surface area contributed by atoms with Crippen molar-refractivity contribution in [3.05, 3.63) is 23.8 Å². The molecule has 1 atom stereocenters. The second kappa shape index (κ2) is 7.85. The Morgan fingerprint density at radius 3 is 2.65 bits per heavy atom. The summed E-state index contributed by atoms with van der Waals surface area (Å²) in [5.74, 6) is 0.202. The number of esters is 1. The molecule has 0 spiro atoms. The smallest absolute Gasteiger partial charge is 0.339 e. The van der Waals surface area contributed by atoms with E-state index in [4.69, 9.17) is 14.2 Å². The van der Waals surface area contributed by atoms with Gasteiger partial charge in [0.05, 0.1) is 19.3 Å². The molecule has 0 radical (unpaired) electrons. The Kier molecular flexibility index (Phi) is 5.84. The van der Waals surface area contributed by atoms with E-state index in [9.17, 15) is 9.59 Å². The molecule has 0 bridgehead atoms. The van der Waals surface area contributed by atoms with Crippen LogP contribution in [0.2, 0.25) is 0 Å². The van der Waals surface area contributed by atoms with E-state index < -0.39 is 12.1 Å². The largest absolute Gasteiger partial charge is 0.493 e. The van der Waals surface area contributed by atoms with Crippen molar-refractivity contribution in [3.8, 4) is 11.5 Å². The van der Waals surface area contributed by atoms with E-state index >= 15 is 0 Å². The van der Waals surface area contributed by atoms with Gasteiger partial charge in [-0.05, 0) is 44.4 Å². The van der Waals surface area contributed by atoms with Crippen LogP contribution in [0.25, 0.3) is 0 Å². The molecule has 1 fully saturated rings. The van der Waals surface area contributed by atoms with Crippen LogP contribution >= 0.6 is 0 Å². The van der Waals surface area contributed by atoms with Crippen LogP contribution in [0.5, 0.6) is 11.5 Å². The summed E-state index contributed by atoms with van der Waals surface area (Å²) in [4.78, 5) is 24.0. The molecule has 1 saturated carbocycles. The van der Waals surface area contributed by atoms with Crippen LogP contribution < -0.4 is 14.8 Å². The third-order valence-electron chi connectivity index (χ3n) is 3.44. The molecule has 2 rings (SSSR count). The summed E-state index contributed by atoms with van der Waals surface area (Å²) >= 11 is 0. The number of nitrogens with one attached hydrogen (secondary N) is 1. The van der Waals surface area contributed by atoms with Gasteiger partial charge in [-0.1, -0.05) is 6.92 Å². The number of carbonyl (C=O) groups excluding carboxylic acids is 2. The maximum Gasteiger partial charge on any atom is 0.339 e. The number of methoxy groups -OCH3 is 1. The number of hydrogen-bond donors (Lipinski definition) is 1. The van der Waals surface area contributed by atoms with Crippen molar-refractivity contribution < 1.29 is 23.8 Å². The second-order valence-corrected chi connectivity index (χ2v) is 5.54. The zero-order valence-corrected chi connectivity index (χ0v) is 13.8. The van der Waals surface area contributed by atoms with Gasteiger partial charge in [-0.15, -0.1) is 0 Å². The van der Waals surface area contributed by atoms with Gasteiger partial charge in [0.2, 0.25) is 0 Å². The van der Waals surface area contributed by atoms with Gasteiger partial charge in [0.15, 0.2) is 17.6 Å². The molecule has 1 N–H and O–H groups in total. The van der Waals surface area contributed by atoms with Gasteiger partial charge in [0.25, 0.3) is 5.91 Å². The highest BCUT2D eigenvalue weighted by atomic mass is 16.5. The number of hydrogen-bond acceptors (Lipinski definition) is 5. The van der Waals surface area contributed by atoms with E-state index in [1.165, 1.54) is 7.11 Å². The molecular weight excluding hydrogens is 298 g/mol. The number of carbonyl (C=O) groups is 2. The molecule has 1 aliphatic rings. The monoisotopic (exact) mass is 321 g/mol. The minimum atomic E-state index is -0.829. The van der Waals surface area contributed by atoms with Crippen molar-refractivity contribution in [3.63, 3.8) is 0 Å². The molecule has 23 heavy (non-hydrogen) atoms.